The quantitative estimate of drug-likeness (QED) is 0.692. The van der Waals surface area contributed by atoms with Crippen molar-refractivity contribution in [2.45, 2.75) is 43.5 Å². The van der Waals surface area contributed by atoms with Crippen molar-refractivity contribution in [3.63, 3.8) is 0 Å². The van der Waals surface area contributed by atoms with Crippen molar-refractivity contribution in [1.82, 2.24) is 24.6 Å². The summed E-state index contributed by atoms with van der Waals surface area (Å²) in [5.41, 5.74) is -0.0408. The first kappa shape index (κ1) is 14.1. The summed E-state index contributed by atoms with van der Waals surface area (Å²) in [5, 5.41) is 5.07. The first-order chi connectivity index (χ1) is 9.93. The number of fused-ring (bicyclic) bond motifs is 1. The first-order valence-corrected chi connectivity index (χ1v) is 7.62. The summed E-state index contributed by atoms with van der Waals surface area (Å²) < 4.78 is 7.50. The summed E-state index contributed by atoms with van der Waals surface area (Å²) in [4.78, 5) is 12.9. The molecule has 1 atom stereocenters. The third-order valence-corrected chi connectivity index (χ3v) is 3.93. The molecule has 0 radical (unpaired) electrons. The zero-order valence-electron chi connectivity index (χ0n) is 12.4. The second kappa shape index (κ2) is 5.14. The Morgan fingerprint density at radius 1 is 1.29 bits per heavy atom. The van der Waals surface area contributed by atoms with E-state index in [1.807, 2.05) is 19.2 Å². The standard InChI is InChI=1S/C14H17N5OS/c1-9(11-16-8-10(20-11)14(2,3)4)21-13-17-12-15-6-5-7-19(12)18-13/h5-9H,1-4H3/t9-/m1/s1. The zero-order chi connectivity index (χ0) is 15.0. The lowest BCUT2D eigenvalue weighted by atomic mass is 9.94. The summed E-state index contributed by atoms with van der Waals surface area (Å²) in [6, 6.07) is 1.82. The van der Waals surface area contributed by atoms with Gasteiger partial charge in [-0.05, 0) is 13.0 Å². The molecule has 0 aliphatic rings. The normalized spacial score (nSPS) is 13.7. The van der Waals surface area contributed by atoms with E-state index in [0.717, 1.165) is 5.76 Å². The number of aromatic nitrogens is 5. The molecule has 110 valence electrons. The molecule has 0 bridgehead atoms. The minimum absolute atomic E-state index is 0.0403. The van der Waals surface area contributed by atoms with E-state index in [0.29, 0.717) is 16.8 Å². The molecule has 0 fully saturated rings. The van der Waals surface area contributed by atoms with Crippen LogP contribution in [0.25, 0.3) is 5.78 Å². The predicted molar refractivity (Wildman–Crippen MR) is 80.3 cm³/mol. The van der Waals surface area contributed by atoms with Crippen LogP contribution in [0.5, 0.6) is 0 Å². The molecule has 0 N–H and O–H groups in total. The Kier molecular flexibility index (Phi) is 3.44. The van der Waals surface area contributed by atoms with E-state index in [1.165, 1.54) is 11.8 Å². The summed E-state index contributed by atoms with van der Waals surface area (Å²) in [5.74, 6) is 2.17. The van der Waals surface area contributed by atoms with Gasteiger partial charge in [0.2, 0.25) is 11.0 Å². The lowest BCUT2D eigenvalue weighted by Crippen LogP contribution is -2.09. The molecule has 0 amide bonds. The number of oxazole rings is 1. The number of rotatable bonds is 3. The highest BCUT2D eigenvalue weighted by molar-refractivity contribution is 7.99. The van der Waals surface area contributed by atoms with Crippen LogP contribution in [-0.2, 0) is 5.41 Å². The van der Waals surface area contributed by atoms with Gasteiger partial charge in [-0.25, -0.2) is 14.5 Å². The minimum atomic E-state index is -0.0408. The maximum absolute atomic E-state index is 5.85. The minimum Gasteiger partial charge on any atom is -0.444 e. The fourth-order valence-corrected chi connectivity index (χ4v) is 2.59. The highest BCUT2D eigenvalue weighted by Crippen LogP contribution is 2.34. The third kappa shape index (κ3) is 2.92. The molecule has 0 unspecified atom stereocenters. The van der Waals surface area contributed by atoms with Crippen LogP contribution in [-0.4, -0.2) is 24.6 Å². The van der Waals surface area contributed by atoms with Crippen LogP contribution in [0, 0.1) is 0 Å². The van der Waals surface area contributed by atoms with Gasteiger partial charge in [0.1, 0.15) is 5.76 Å². The molecule has 3 aromatic heterocycles. The van der Waals surface area contributed by atoms with Crippen LogP contribution < -0.4 is 0 Å². The van der Waals surface area contributed by atoms with Crippen molar-refractivity contribution in [2.75, 3.05) is 0 Å². The Bertz CT molecular complexity index is 725. The summed E-state index contributed by atoms with van der Waals surface area (Å²) in [6.45, 7) is 8.33. The highest BCUT2D eigenvalue weighted by atomic mass is 32.2. The van der Waals surface area contributed by atoms with E-state index in [9.17, 15) is 0 Å². The average molecular weight is 303 g/mol. The molecule has 0 aliphatic carbocycles. The molecule has 3 heterocycles. The Morgan fingerprint density at radius 2 is 2.10 bits per heavy atom. The largest absolute Gasteiger partial charge is 0.444 e. The molecule has 0 aliphatic heterocycles. The lowest BCUT2D eigenvalue weighted by Gasteiger charge is -2.13. The van der Waals surface area contributed by atoms with Gasteiger partial charge in [0.25, 0.3) is 5.78 Å². The monoisotopic (exact) mass is 303 g/mol. The summed E-state index contributed by atoms with van der Waals surface area (Å²) >= 11 is 1.51. The van der Waals surface area contributed by atoms with Crippen molar-refractivity contribution >= 4 is 17.5 Å². The summed E-state index contributed by atoms with van der Waals surface area (Å²) in [6.07, 6.45) is 5.32. The number of hydrogen-bond donors (Lipinski definition) is 0. The molecule has 0 saturated carbocycles. The van der Waals surface area contributed by atoms with Crippen LogP contribution in [0.4, 0.5) is 0 Å². The van der Waals surface area contributed by atoms with Gasteiger partial charge in [-0.2, -0.15) is 4.98 Å². The van der Waals surface area contributed by atoms with Gasteiger partial charge in [-0.15, -0.1) is 5.10 Å². The number of thioether (sulfide) groups is 1. The molecule has 0 aromatic carbocycles. The summed E-state index contributed by atoms with van der Waals surface area (Å²) in [7, 11) is 0. The first-order valence-electron chi connectivity index (χ1n) is 6.74. The topological polar surface area (TPSA) is 69.1 Å². The fourth-order valence-electron chi connectivity index (χ4n) is 1.79. The Hall–Kier alpha value is -1.89. The van der Waals surface area contributed by atoms with E-state index in [4.69, 9.17) is 4.42 Å². The van der Waals surface area contributed by atoms with Gasteiger partial charge in [0, 0.05) is 17.8 Å². The zero-order valence-corrected chi connectivity index (χ0v) is 13.3. The van der Waals surface area contributed by atoms with E-state index >= 15 is 0 Å². The van der Waals surface area contributed by atoms with Gasteiger partial charge >= 0.3 is 0 Å². The van der Waals surface area contributed by atoms with Crippen molar-refractivity contribution in [3.8, 4) is 0 Å². The molecule has 21 heavy (non-hydrogen) atoms. The molecular formula is C14H17N5OS. The van der Waals surface area contributed by atoms with Crippen LogP contribution in [0.3, 0.4) is 0 Å². The van der Waals surface area contributed by atoms with Gasteiger partial charge in [0.15, 0.2) is 0 Å². The number of hydrogen-bond acceptors (Lipinski definition) is 6. The van der Waals surface area contributed by atoms with E-state index in [1.54, 1.807) is 16.9 Å². The Balaban J connectivity index is 1.79. The average Bonchev–Trinajstić information content (AvgIpc) is 3.04. The maximum Gasteiger partial charge on any atom is 0.253 e. The molecule has 3 aromatic rings. The van der Waals surface area contributed by atoms with E-state index in [2.05, 4.69) is 40.8 Å². The van der Waals surface area contributed by atoms with Gasteiger partial charge in [-0.1, -0.05) is 32.5 Å². The van der Waals surface area contributed by atoms with E-state index < -0.39 is 0 Å². The second-order valence-electron chi connectivity index (χ2n) is 5.83. The van der Waals surface area contributed by atoms with Gasteiger partial charge < -0.3 is 4.42 Å². The van der Waals surface area contributed by atoms with Crippen LogP contribution in [0.2, 0.25) is 0 Å². The van der Waals surface area contributed by atoms with Crippen LogP contribution in [0.15, 0.2) is 34.2 Å². The third-order valence-electron chi connectivity index (χ3n) is 2.99. The molecule has 3 rings (SSSR count). The smallest absolute Gasteiger partial charge is 0.253 e. The second-order valence-corrected chi connectivity index (χ2v) is 7.14. The van der Waals surface area contributed by atoms with Crippen LogP contribution >= 0.6 is 11.8 Å². The Morgan fingerprint density at radius 3 is 2.76 bits per heavy atom. The van der Waals surface area contributed by atoms with Crippen molar-refractivity contribution < 1.29 is 4.42 Å². The van der Waals surface area contributed by atoms with Crippen molar-refractivity contribution in [3.05, 3.63) is 36.3 Å². The molecule has 6 nitrogen and oxygen atoms in total. The van der Waals surface area contributed by atoms with Gasteiger partial charge in [0.05, 0.1) is 11.4 Å². The van der Waals surface area contributed by atoms with E-state index in [-0.39, 0.29) is 10.7 Å². The van der Waals surface area contributed by atoms with Crippen molar-refractivity contribution in [1.29, 1.82) is 0 Å². The SMILES string of the molecule is C[C@@H](Sc1nc2ncccn2n1)c1ncc(C(C)(C)C)o1. The lowest BCUT2D eigenvalue weighted by molar-refractivity contribution is 0.383. The fraction of sp³-hybridized carbons (Fsp3) is 0.429. The molecular weight excluding hydrogens is 286 g/mol. The number of nitrogens with zero attached hydrogens (tertiary/aromatic N) is 5. The Labute approximate surface area is 127 Å². The molecule has 7 heteroatoms. The van der Waals surface area contributed by atoms with Gasteiger partial charge in [-0.3, -0.25) is 0 Å². The molecule has 0 spiro atoms. The highest BCUT2D eigenvalue weighted by Gasteiger charge is 2.22. The maximum atomic E-state index is 5.85. The predicted octanol–water partition coefficient (Wildman–Crippen LogP) is 3.26. The molecule has 0 saturated heterocycles. The van der Waals surface area contributed by atoms with Crippen LogP contribution in [0.1, 0.15) is 44.6 Å². The van der Waals surface area contributed by atoms with Crippen molar-refractivity contribution in [2.24, 2.45) is 0 Å².